The van der Waals surface area contributed by atoms with Crippen LogP contribution in [0.25, 0.3) is 11.1 Å². The molecule has 3 aromatic rings. The maximum Gasteiger partial charge on any atom is 0.163 e. The fraction of sp³-hybridized carbons (Fsp3) is 0.273. The van der Waals surface area contributed by atoms with Crippen molar-refractivity contribution >= 4 is 5.78 Å². The molecule has 2 heterocycles. The van der Waals surface area contributed by atoms with Gasteiger partial charge in [-0.1, -0.05) is 36.4 Å². The smallest absolute Gasteiger partial charge is 0.163 e. The van der Waals surface area contributed by atoms with E-state index in [4.69, 9.17) is 4.74 Å². The number of benzene rings is 2. The Balaban J connectivity index is 1.41. The van der Waals surface area contributed by atoms with Crippen LogP contribution in [-0.2, 0) is 13.6 Å². The quantitative estimate of drug-likeness (QED) is 0.477. The number of aryl methyl sites for hydroxylation is 1. The maximum absolute atomic E-state index is 12.1. The third kappa shape index (κ3) is 4.09. The SMILES string of the molecule is CC(=O)c1cc(-c2ccccc2)ccc1OCC1CN1Cc1cnn(C)c1. The van der Waals surface area contributed by atoms with E-state index in [-0.39, 0.29) is 5.78 Å². The number of Topliss-reactive ketones (excluding diaryl/α,β-unsaturated/α-hetero) is 1. The summed E-state index contributed by atoms with van der Waals surface area (Å²) in [6, 6.07) is 16.3. The van der Waals surface area contributed by atoms with Gasteiger partial charge in [0.25, 0.3) is 0 Å². The summed E-state index contributed by atoms with van der Waals surface area (Å²) >= 11 is 0. The van der Waals surface area contributed by atoms with E-state index in [1.54, 1.807) is 6.92 Å². The monoisotopic (exact) mass is 361 g/mol. The van der Waals surface area contributed by atoms with Crippen molar-refractivity contribution in [2.45, 2.75) is 19.5 Å². The number of rotatable bonds is 7. The zero-order valence-electron chi connectivity index (χ0n) is 15.6. The van der Waals surface area contributed by atoms with Gasteiger partial charge >= 0.3 is 0 Å². The second-order valence-electron chi connectivity index (χ2n) is 7.05. The molecule has 0 N–H and O–H groups in total. The van der Waals surface area contributed by atoms with Crippen molar-refractivity contribution in [1.82, 2.24) is 14.7 Å². The summed E-state index contributed by atoms with van der Waals surface area (Å²) in [7, 11) is 1.93. The van der Waals surface area contributed by atoms with Crippen LogP contribution in [0.3, 0.4) is 0 Å². The predicted molar refractivity (Wildman–Crippen MR) is 105 cm³/mol. The van der Waals surface area contributed by atoms with Crippen molar-refractivity contribution in [3.8, 4) is 16.9 Å². The second kappa shape index (κ2) is 7.37. The number of nitrogens with zero attached hydrogens (tertiary/aromatic N) is 3. The van der Waals surface area contributed by atoms with Crippen molar-refractivity contribution in [1.29, 1.82) is 0 Å². The number of ether oxygens (including phenoxy) is 1. The zero-order valence-corrected chi connectivity index (χ0v) is 15.6. The Kier molecular flexibility index (Phi) is 4.77. The van der Waals surface area contributed by atoms with Gasteiger partial charge in [0.15, 0.2) is 5.78 Å². The minimum Gasteiger partial charge on any atom is -0.491 e. The molecule has 0 saturated carbocycles. The molecule has 2 unspecified atom stereocenters. The molecule has 4 rings (SSSR count). The molecule has 0 amide bonds. The topological polar surface area (TPSA) is 47.1 Å². The molecule has 0 spiro atoms. The van der Waals surface area contributed by atoms with Gasteiger partial charge in [-0.15, -0.1) is 0 Å². The van der Waals surface area contributed by atoms with Crippen molar-refractivity contribution < 1.29 is 9.53 Å². The first kappa shape index (κ1) is 17.5. The van der Waals surface area contributed by atoms with E-state index in [2.05, 4.69) is 10.00 Å². The molecule has 1 aliphatic heterocycles. The molecule has 1 aromatic heterocycles. The lowest BCUT2D eigenvalue weighted by atomic mass is 10.0. The first-order chi connectivity index (χ1) is 13.1. The summed E-state index contributed by atoms with van der Waals surface area (Å²) < 4.78 is 7.82. The number of carbonyl (C=O) groups is 1. The highest BCUT2D eigenvalue weighted by atomic mass is 16.5. The molecule has 0 bridgehead atoms. The molecule has 138 valence electrons. The van der Waals surface area contributed by atoms with Gasteiger partial charge in [-0.3, -0.25) is 14.4 Å². The minimum atomic E-state index is 0.0193. The van der Waals surface area contributed by atoms with E-state index < -0.39 is 0 Å². The molecule has 1 saturated heterocycles. The highest BCUT2D eigenvalue weighted by Crippen LogP contribution is 2.29. The van der Waals surface area contributed by atoms with E-state index >= 15 is 0 Å². The van der Waals surface area contributed by atoms with Crippen LogP contribution in [0.15, 0.2) is 60.9 Å². The van der Waals surface area contributed by atoms with Crippen LogP contribution in [0.1, 0.15) is 22.8 Å². The molecule has 0 aliphatic carbocycles. The maximum atomic E-state index is 12.1. The third-order valence-electron chi connectivity index (χ3n) is 4.87. The Morgan fingerprint density at radius 3 is 2.70 bits per heavy atom. The highest BCUT2D eigenvalue weighted by Gasteiger charge is 2.34. The number of hydrogen-bond donors (Lipinski definition) is 0. The molecule has 2 aromatic carbocycles. The average molecular weight is 361 g/mol. The fourth-order valence-electron chi connectivity index (χ4n) is 3.29. The van der Waals surface area contributed by atoms with Gasteiger partial charge in [0.05, 0.1) is 17.8 Å². The summed E-state index contributed by atoms with van der Waals surface area (Å²) in [6.07, 6.45) is 3.93. The fourth-order valence-corrected chi connectivity index (χ4v) is 3.29. The van der Waals surface area contributed by atoms with Crippen molar-refractivity contribution in [3.63, 3.8) is 0 Å². The lowest BCUT2D eigenvalue weighted by Crippen LogP contribution is -2.12. The van der Waals surface area contributed by atoms with E-state index in [0.29, 0.717) is 24.0 Å². The Labute approximate surface area is 159 Å². The first-order valence-corrected chi connectivity index (χ1v) is 9.15. The molecule has 0 radical (unpaired) electrons. The number of hydrogen-bond acceptors (Lipinski definition) is 4. The first-order valence-electron chi connectivity index (χ1n) is 9.15. The summed E-state index contributed by atoms with van der Waals surface area (Å²) in [4.78, 5) is 14.5. The molecular weight excluding hydrogens is 338 g/mol. The van der Waals surface area contributed by atoms with Crippen LogP contribution in [0.4, 0.5) is 0 Å². The summed E-state index contributed by atoms with van der Waals surface area (Å²) in [5.41, 5.74) is 3.96. The van der Waals surface area contributed by atoms with Crippen LogP contribution < -0.4 is 4.74 Å². The normalized spacial score (nSPS) is 18.3. The van der Waals surface area contributed by atoms with Crippen LogP contribution in [0, 0.1) is 0 Å². The zero-order chi connectivity index (χ0) is 18.8. The van der Waals surface area contributed by atoms with Crippen LogP contribution in [0.2, 0.25) is 0 Å². The van der Waals surface area contributed by atoms with Gasteiger partial charge in [-0.25, -0.2) is 0 Å². The molecule has 2 atom stereocenters. The van der Waals surface area contributed by atoms with Crippen LogP contribution in [-0.4, -0.2) is 39.7 Å². The molecule has 1 aliphatic rings. The Morgan fingerprint density at radius 2 is 2.00 bits per heavy atom. The lowest BCUT2D eigenvalue weighted by molar-refractivity contribution is 0.101. The molecule has 1 fully saturated rings. The molecule has 5 heteroatoms. The van der Waals surface area contributed by atoms with Crippen molar-refractivity contribution in [2.75, 3.05) is 13.2 Å². The van der Waals surface area contributed by atoms with E-state index in [1.807, 2.05) is 72.7 Å². The summed E-state index contributed by atoms with van der Waals surface area (Å²) in [5.74, 6) is 0.682. The van der Waals surface area contributed by atoms with Gasteiger partial charge in [0.1, 0.15) is 12.4 Å². The van der Waals surface area contributed by atoms with Gasteiger partial charge in [-0.05, 0) is 30.2 Å². The standard InChI is InChI=1S/C22H23N3O2/c1-16(26)21-10-19(18-6-4-3-5-7-18)8-9-22(21)27-15-20-14-25(20)13-17-11-23-24(2)12-17/h3-12,20H,13-15H2,1-2H3. The van der Waals surface area contributed by atoms with E-state index in [9.17, 15) is 4.79 Å². The lowest BCUT2D eigenvalue weighted by Gasteiger charge is -2.12. The Morgan fingerprint density at radius 1 is 1.19 bits per heavy atom. The van der Waals surface area contributed by atoms with Crippen LogP contribution in [0.5, 0.6) is 5.75 Å². The Hall–Kier alpha value is -2.92. The summed E-state index contributed by atoms with van der Waals surface area (Å²) in [5, 5.41) is 4.20. The number of aromatic nitrogens is 2. The molecule has 27 heavy (non-hydrogen) atoms. The largest absolute Gasteiger partial charge is 0.491 e. The molecular formula is C22H23N3O2. The minimum absolute atomic E-state index is 0.0193. The van der Waals surface area contributed by atoms with Gasteiger partial charge < -0.3 is 4.74 Å². The van der Waals surface area contributed by atoms with Crippen molar-refractivity contribution in [3.05, 3.63) is 72.1 Å². The van der Waals surface area contributed by atoms with Gasteiger partial charge in [0.2, 0.25) is 0 Å². The highest BCUT2D eigenvalue weighted by molar-refractivity contribution is 5.98. The number of carbonyl (C=O) groups excluding carboxylic acids is 1. The summed E-state index contributed by atoms with van der Waals surface area (Å²) in [6.45, 7) is 4.06. The van der Waals surface area contributed by atoms with Gasteiger partial charge in [0, 0.05) is 31.9 Å². The van der Waals surface area contributed by atoms with Gasteiger partial charge in [-0.2, -0.15) is 5.10 Å². The second-order valence-corrected chi connectivity index (χ2v) is 7.05. The Bertz CT molecular complexity index is 949. The van der Waals surface area contributed by atoms with E-state index in [0.717, 1.165) is 24.2 Å². The molecule has 5 nitrogen and oxygen atoms in total. The van der Waals surface area contributed by atoms with Crippen molar-refractivity contribution in [2.24, 2.45) is 7.05 Å². The average Bonchev–Trinajstić information content (AvgIpc) is 3.29. The third-order valence-corrected chi connectivity index (χ3v) is 4.87. The number of ketones is 1. The van der Waals surface area contributed by atoms with E-state index in [1.165, 1.54) is 5.56 Å². The van der Waals surface area contributed by atoms with Crippen LogP contribution >= 0.6 is 0 Å². The predicted octanol–water partition coefficient (Wildman–Crippen LogP) is 3.55.